The Hall–Kier alpha value is -3.12. The number of furan rings is 1. The zero-order valence-corrected chi connectivity index (χ0v) is 14.9. The van der Waals surface area contributed by atoms with Gasteiger partial charge in [0, 0.05) is 39.1 Å². The van der Waals surface area contributed by atoms with Crippen molar-refractivity contribution in [1.82, 2.24) is 0 Å². The lowest BCUT2D eigenvalue weighted by atomic mass is 10.2. The van der Waals surface area contributed by atoms with Crippen LogP contribution in [0.2, 0.25) is 0 Å². The van der Waals surface area contributed by atoms with Crippen molar-refractivity contribution in [2.24, 2.45) is 0 Å². The summed E-state index contributed by atoms with van der Waals surface area (Å²) in [5.41, 5.74) is 1.27. The maximum absolute atomic E-state index is 12.1. The molecule has 4 aromatic rings. The highest BCUT2D eigenvalue weighted by atomic mass is 79.9. The second-order valence-corrected chi connectivity index (χ2v) is 6.58. The predicted octanol–water partition coefficient (Wildman–Crippen LogP) is 4.95. The Labute approximate surface area is 156 Å². The third-order valence-corrected chi connectivity index (χ3v) is 4.28. The summed E-state index contributed by atoms with van der Waals surface area (Å²) in [6.07, 6.45) is 2.99. The summed E-state index contributed by atoms with van der Waals surface area (Å²) in [7, 11) is 0. The second-order valence-electron chi connectivity index (χ2n) is 5.66. The molecule has 0 saturated carbocycles. The average Bonchev–Trinajstić information content (AvgIpc) is 3.01. The van der Waals surface area contributed by atoms with Crippen LogP contribution in [0, 0.1) is 0 Å². The molecule has 0 aliphatic rings. The van der Waals surface area contributed by atoms with Crippen LogP contribution in [0.25, 0.3) is 28.0 Å². The summed E-state index contributed by atoms with van der Waals surface area (Å²) < 4.78 is 11.7. The lowest BCUT2D eigenvalue weighted by Crippen LogP contribution is -2.07. The molecule has 0 aliphatic heterocycles. The van der Waals surface area contributed by atoms with E-state index in [1.54, 1.807) is 30.3 Å². The second kappa shape index (κ2) is 6.65. The first-order chi connectivity index (χ1) is 12.6. The molecule has 0 spiro atoms. The normalized spacial score (nSPS) is 11.4. The van der Waals surface area contributed by atoms with Gasteiger partial charge >= 0.3 is 5.63 Å². The molecule has 0 bridgehead atoms. The molecule has 0 unspecified atom stereocenters. The largest absolute Gasteiger partial charge is 0.457 e. The van der Waals surface area contributed by atoms with Crippen LogP contribution in [0.5, 0.6) is 0 Å². The van der Waals surface area contributed by atoms with Crippen molar-refractivity contribution >= 4 is 55.5 Å². The summed E-state index contributed by atoms with van der Waals surface area (Å²) in [5, 5.41) is 4.46. The highest BCUT2D eigenvalue weighted by molar-refractivity contribution is 9.10. The summed E-state index contributed by atoms with van der Waals surface area (Å²) in [4.78, 5) is 23.4. The third-order valence-electron chi connectivity index (χ3n) is 3.79. The number of rotatable bonds is 3. The van der Waals surface area contributed by atoms with E-state index in [1.807, 2.05) is 24.3 Å². The summed E-state index contributed by atoms with van der Waals surface area (Å²) in [6.45, 7) is 0. The van der Waals surface area contributed by atoms with Crippen LogP contribution in [-0.2, 0) is 4.79 Å². The Morgan fingerprint density at radius 1 is 0.923 bits per heavy atom. The van der Waals surface area contributed by atoms with E-state index in [0.717, 1.165) is 20.8 Å². The molecule has 6 heteroatoms. The highest BCUT2D eigenvalue weighted by Gasteiger charge is 2.04. The van der Waals surface area contributed by atoms with Gasteiger partial charge in [-0.3, -0.25) is 4.79 Å². The Morgan fingerprint density at radius 2 is 1.77 bits per heavy atom. The number of halogens is 1. The topological polar surface area (TPSA) is 72.5 Å². The SMILES string of the molecule is O=C(C=Cc1cc2cc(Br)ccc2o1)Nc1ccc2ccc(=O)oc2c1. The van der Waals surface area contributed by atoms with E-state index in [4.69, 9.17) is 8.83 Å². The molecule has 0 atom stereocenters. The van der Waals surface area contributed by atoms with Crippen LogP contribution < -0.4 is 10.9 Å². The molecule has 0 fully saturated rings. The summed E-state index contributed by atoms with van der Waals surface area (Å²) >= 11 is 3.41. The number of nitrogens with one attached hydrogen (secondary N) is 1. The van der Waals surface area contributed by atoms with Gasteiger partial charge < -0.3 is 14.2 Å². The zero-order chi connectivity index (χ0) is 18.1. The number of hydrogen-bond donors (Lipinski definition) is 1. The Bertz CT molecular complexity index is 1220. The molecule has 1 N–H and O–H groups in total. The van der Waals surface area contributed by atoms with Gasteiger partial charge in [0.1, 0.15) is 16.9 Å². The number of fused-ring (bicyclic) bond motifs is 2. The first-order valence-corrected chi connectivity index (χ1v) is 8.58. The van der Waals surface area contributed by atoms with Gasteiger partial charge in [-0.25, -0.2) is 4.79 Å². The summed E-state index contributed by atoms with van der Waals surface area (Å²) in [6, 6.07) is 15.7. The fraction of sp³-hybridized carbons (Fsp3) is 0. The highest BCUT2D eigenvalue weighted by Crippen LogP contribution is 2.24. The Balaban J connectivity index is 1.52. The minimum atomic E-state index is -0.433. The van der Waals surface area contributed by atoms with Crippen LogP contribution in [0.3, 0.4) is 0 Å². The van der Waals surface area contributed by atoms with Crippen molar-refractivity contribution in [2.75, 3.05) is 5.32 Å². The number of hydrogen-bond acceptors (Lipinski definition) is 4. The van der Waals surface area contributed by atoms with E-state index in [-0.39, 0.29) is 5.91 Å². The van der Waals surface area contributed by atoms with Crippen LogP contribution in [0.4, 0.5) is 5.69 Å². The minimum absolute atomic E-state index is 0.315. The molecule has 2 heterocycles. The number of carbonyl (C=O) groups is 1. The average molecular weight is 410 g/mol. The van der Waals surface area contributed by atoms with Gasteiger partial charge in [0.25, 0.3) is 0 Å². The van der Waals surface area contributed by atoms with Crippen molar-refractivity contribution in [3.05, 3.63) is 81.3 Å². The Morgan fingerprint density at radius 3 is 2.65 bits per heavy atom. The van der Waals surface area contributed by atoms with E-state index < -0.39 is 5.63 Å². The number of anilines is 1. The van der Waals surface area contributed by atoms with Crippen molar-refractivity contribution in [3.8, 4) is 0 Å². The number of benzene rings is 2. The van der Waals surface area contributed by atoms with E-state index in [1.165, 1.54) is 12.1 Å². The van der Waals surface area contributed by atoms with Gasteiger partial charge in [-0.1, -0.05) is 15.9 Å². The number of carbonyl (C=O) groups excluding carboxylic acids is 1. The van der Waals surface area contributed by atoms with Crippen molar-refractivity contribution in [2.45, 2.75) is 0 Å². The quantitative estimate of drug-likeness (QED) is 0.383. The maximum atomic E-state index is 12.1. The smallest absolute Gasteiger partial charge is 0.336 e. The molecule has 0 aliphatic carbocycles. The van der Waals surface area contributed by atoms with Crippen LogP contribution in [0.1, 0.15) is 5.76 Å². The van der Waals surface area contributed by atoms with Gasteiger partial charge in [0.05, 0.1) is 0 Å². The number of amides is 1. The fourth-order valence-electron chi connectivity index (χ4n) is 2.60. The molecule has 0 radical (unpaired) electrons. The first-order valence-electron chi connectivity index (χ1n) is 7.79. The lowest BCUT2D eigenvalue weighted by molar-refractivity contribution is -0.111. The van der Waals surface area contributed by atoms with E-state index in [0.29, 0.717) is 17.0 Å². The third kappa shape index (κ3) is 3.45. The first kappa shape index (κ1) is 16.4. The van der Waals surface area contributed by atoms with Crippen LogP contribution >= 0.6 is 15.9 Å². The molecule has 4 rings (SSSR count). The van der Waals surface area contributed by atoms with Gasteiger partial charge in [0.2, 0.25) is 5.91 Å². The maximum Gasteiger partial charge on any atom is 0.336 e. The molecule has 128 valence electrons. The summed E-state index contributed by atoms with van der Waals surface area (Å²) in [5.74, 6) is 0.266. The molecule has 1 amide bonds. The predicted molar refractivity (Wildman–Crippen MR) is 104 cm³/mol. The molecule has 26 heavy (non-hydrogen) atoms. The van der Waals surface area contributed by atoms with E-state index in [2.05, 4.69) is 21.2 Å². The monoisotopic (exact) mass is 409 g/mol. The lowest BCUT2D eigenvalue weighted by Gasteiger charge is -2.03. The Kier molecular flexibility index (Phi) is 4.18. The van der Waals surface area contributed by atoms with Gasteiger partial charge in [-0.05, 0) is 48.5 Å². The molecular formula is C20H12BrNO4. The standard InChI is InChI=1S/C20H12BrNO4/c21-14-3-6-17-13(9-14)10-16(25-17)5-7-19(23)22-15-4-1-12-2-8-20(24)26-18(12)11-15/h1-11H,(H,22,23). The van der Waals surface area contributed by atoms with Gasteiger partial charge in [-0.15, -0.1) is 0 Å². The molecule has 0 saturated heterocycles. The van der Waals surface area contributed by atoms with E-state index >= 15 is 0 Å². The van der Waals surface area contributed by atoms with Crippen LogP contribution in [0.15, 0.2) is 78.8 Å². The van der Waals surface area contributed by atoms with Gasteiger partial charge in [0.15, 0.2) is 0 Å². The molecular weight excluding hydrogens is 398 g/mol. The molecule has 5 nitrogen and oxygen atoms in total. The van der Waals surface area contributed by atoms with E-state index in [9.17, 15) is 9.59 Å². The van der Waals surface area contributed by atoms with Crippen LogP contribution in [-0.4, -0.2) is 5.91 Å². The van der Waals surface area contributed by atoms with Crippen molar-refractivity contribution in [1.29, 1.82) is 0 Å². The molecule has 2 aromatic heterocycles. The van der Waals surface area contributed by atoms with Crippen molar-refractivity contribution < 1.29 is 13.6 Å². The fourth-order valence-corrected chi connectivity index (χ4v) is 2.98. The van der Waals surface area contributed by atoms with Gasteiger partial charge in [-0.2, -0.15) is 0 Å². The molecule has 2 aromatic carbocycles. The van der Waals surface area contributed by atoms with Crippen molar-refractivity contribution in [3.63, 3.8) is 0 Å². The minimum Gasteiger partial charge on any atom is -0.457 e. The zero-order valence-electron chi connectivity index (χ0n) is 13.4.